The second kappa shape index (κ2) is 6.21. The molecule has 0 aliphatic carbocycles. The monoisotopic (exact) mass is 258 g/mol. The summed E-state index contributed by atoms with van der Waals surface area (Å²) in [6, 6.07) is 0. The number of aliphatic hydroxyl groups is 4. The van der Waals surface area contributed by atoms with Gasteiger partial charge in [0.2, 0.25) is 5.78 Å². The van der Waals surface area contributed by atoms with Crippen molar-refractivity contribution >= 4 is 23.4 Å². The lowest BCUT2D eigenvalue weighted by molar-refractivity contribution is -0.377. The van der Waals surface area contributed by atoms with Crippen LogP contribution in [0.4, 0.5) is 0 Å². The average Bonchev–Trinajstić information content (AvgIpc) is 2.25. The van der Waals surface area contributed by atoms with E-state index in [1.165, 1.54) is 0 Å². The van der Waals surface area contributed by atoms with Gasteiger partial charge >= 0.3 is 0 Å². The van der Waals surface area contributed by atoms with E-state index in [1.807, 2.05) is 0 Å². The molecule has 0 rings (SSSR count). The number of Topliss-reactive ketones (excluding diaryl/α,β-unsaturated/α-hetero) is 2. The zero-order valence-corrected chi connectivity index (χ0v) is 8.92. The summed E-state index contributed by atoms with van der Waals surface area (Å²) in [6.45, 7) is -0.191. The molecule has 3 atom stereocenters. The van der Waals surface area contributed by atoms with E-state index in [4.69, 9.17) is 10.2 Å². The van der Waals surface area contributed by atoms with Crippen LogP contribution in [0.15, 0.2) is 0 Å². The van der Waals surface area contributed by atoms with E-state index in [9.17, 15) is 19.8 Å². The van der Waals surface area contributed by atoms with Gasteiger partial charge in [-0.25, -0.2) is 0 Å². The molecule has 16 heavy (non-hydrogen) atoms. The third kappa shape index (κ3) is 3.19. The quantitative estimate of drug-likeness (QED) is 0.173. The third-order valence-electron chi connectivity index (χ3n) is 1.76. The normalized spacial score (nSPS) is 18.6. The Balaban J connectivity index is 5.08. The molecule has 0 fully saturated rings. The van der Waals surface area contributed by atoms with Crippen molar-refractivity contribution in [3.05, 3.63) is 0 Å². The number of aliphatic hydroxyl groups excluding tert-OH is 3. The largest absolute Gasteiger partial charge is 0.394 e. The maximum absolute atomic E-state index is 11.2. The molecule has 0 aromatic heterocycles. The Morgan fingerprint density at radius 2 is 1.94 bits per heavy atom. The number of hydrogen-bond donors (Lipinski definition) is 4. The standard InChI is InChI=1S/C7H11ClO8/c1-3(10)5(12)7(14,15-16-8)6(13)4(11)2-9/h4,6,9,11,13-14H,2H2,1H3/t4-,6-,7+/m1/s1. The van der Waals surface area contributed by atoms with Crippen LogP contribution in [-0.2, 0) is 18.9 Å². The second-order valence-corrected chi connectivity index (χ2v) is 3.05. The van der Waals surface area contributed by atoms with Gasteiger partial charge in [0.15, 0.2) is 0 Å². The summed E-state index contributed by atoms with van der Waals surface area (Å²) >= 11 is 4.63. The summed E-state index contributed by atoms with van der Waals surface area (Å²) in [4.78, 5) is 25.8. The van der Waals surface area contributed by atoms with Crippen molar-refractivity contribution in [2.75, 3.05) is 6.61 Å². The Bertz CT molecular complexity index is 269. The second-order valence-electron chi connectivity index (χ2n) is 2.92. The minimum absolute atomic E-state index is 0.795. The van der Waals surface area contributed by atoms with Crippen LogP contribution in [0.1, 0.15) is 6.92 Å². The van der Waals surface area contributed by atoms with Crippen LogP contribution in [0.3, 0.4) is 0 Å². The number of halogens is 1. The molecule has 0 saturated carbocycles. The first-order valence-electron chi connectivity index (χ1n) is 4.02. The Hall–Kier alpha value is -0.610. The molecule has 94 valence electrons. The average molecular weight is 259 g/mol. The number of ketones is 2. The highest BCUT2D eigenvalue weighted by atomic mass is 35.5. The van der Waals surface area contributed by atoms with Crippen molar-refractivity contribution in [1.82, 2.24) is 0 Å². The van der Waals surface area contributed by atoms with E-state index < -0.39 is 36.2 Å². The van der Waals surface area contributed by atoms with Gasteiger partial charge < -0.3 is 20.4 Å². The SMILES string of the molecule is CC(=O)C(=O)[C@](O)(OOCl)[C@H](O)[C@H](O)CO. The van der Waals surface area contributed by atoms with Crippen molar-refractivity contribution in [2.45, 2.75) is 24.9 Å². The first kappa shape index (κ1) is 15.4. The van der Waals surface area contributed by atoms with Crippen LogP contribution in [0, 0.1) is 0 Å². The van der Waals surface area contributed by atoms with Gasteiger partial charge in [-0.05, 0) is 0 Å². The van der Waals surface area contributed by atoms with Crippen LogP contribution < -0.4 is 0 Å². The lowest BCUT2D eigenvalue weighted by atomic mass is 9.98. The van der Waals surface area contributed by atoms with Gasteiger partial charge in [-0.2, -0.15) is 4.89 Å². The summed E-state index contributed by atoms with van der Waals surface area (Å²) in [6.07, 6.45) is -4.24. The van der Waals surface area contributed by atoms with Gasteiger partial charge in [0.25, 0.3) is 11.6 Å². The predicted octanol–water partition coefficient (Wildman–Crippen LogP) is -2.35. The van der Waals surface area contributed by atoms with E-state index >= 15 is 0 Å². The number of rotatable bonds is 7. The van der Waals surface area contributed by atoms with Gasteiger partial charge in [-0.15, -0.1) is 4.44 Å². The zero-order valence-electron chi connectivity index (χ0n) is 8.16. The zero-order chi connectivity index (χ0) is 12.9. The number of carbonyl (C=O) groups excluding carboxylic acids is 2. The smallest absolute Gasteiger partial charge is 0.296 e. The van der Waals surface area contributed by atoms with Crippen molar-refractivity contribution in [3.63, 3.8) is 0 Å². The summed E-state index contributed by atoms with van der Waals surface area (Å²) < 4.78 is 3.49. The van der Waals surface area contributed by atoms with Gasteiger partial charge in [0.05, 0.1) is 6.61 Å². The molecule has 8 nitrogen and oxygen atoms in total. The lowest BCUT2D eigenvalue weighted by Gasteiger charge is -2.29. The number of hydrogen-bond acceptors (Lipinski definition) is 8. The van der Waals surface area contributed by atoms with Gasteiger partial charge in [-0.1, -0.05) is 0 Å². The highest BCUT2D eigenvalue weighted by Gasteiger charge is 2.51. The minimum atomic E-state index is -3.18. The Labute approximate surface area is 95.1 Å². The molecule has 0 heterocycles. The molecule has 0 bridgehead atoms. The van der Waals surface area contributed by atoms with E-state index in [1.54, 1.807) is 0 Å². The molecule has 0 aromatic carbocycles. The molecule has 9 heteroatoms. The first-order valence-corrected chi connectivity index (χ1v) is 4.33. The first-order chi connectivity index (χ1) is 7.31. The van der Waals surface area contributed by atoms with Crippen molar-refractivity contribution in [2.24, 2.45) is 0 Å². The molecule has 0 aromatic rings. The molecule has 4 N–H and O–H groups in total. The molecule has 0 unspecified atom stereocenters. The van der Waals surface area contributed by atoms with Gasteiger partial charge in [0, 0.05) is 6.92 Å². The lowest BCUT2D eigenvalue weighted by Crippen LogP contribution is -2.58. The molecular formula is C7H11ClO8. The van der Waals surface area contributed by atoms with Crippen LogP contribution in [0.5, 0.6) is 0 Å². The van der Waals surface area contributed by atoms with Crippen LogP contribution in [-0.4, -0.2) is 56.6 Å². The van der Waals surface area contributed by atoms with Gasteiger partial charge in [0.1, 0.15) is 24.1 Å². The summed E-state index contributed by atoms with van der Waals surface area (Å²) in [5.41, 5.74) is 0. The molecule has 0 amide bonds. The maximum Gasteiger partial charge on any atom is 0.296 e. The molecule has 0 saturated heterocycles. The van der Waals surface area contributed by atoms with Crippen LogP contribution >= 0.6 is 11.9 Å². The fraction of sp³-hybridized carbons (Fsp3) is 0.714. The number of carbonyl (C=O) groups is 2. The van der Waals surface area contributed by atoms with Crippen molar-refractivity contribution in [1.29, 1.82) is 0 Å². The van der Waals surface area contributed by atoms with Crippen LogP contribution in [0.25, 0.3) is 0 Å². The van der Waals surface area contributed by atoms with E-state index in [0.29, 0.717) is 0 Å². The maximum atomic E-state index is 11.2. The Morgan fingerprint density at radius 3 is 2.25 bits per heavy atom. The minimum Gasteiger partial charge on any atom is -0.394 e. The predicted molar refractivity (Wildman–Crippen MR) is 47.8 cm³/mol. The molecular weight excluding hydrogens is 248 g/mol. The fourth-order valence-electron chi connectivity index (χ4n) is 0.882. The summed E-state index contributed by atoms with van der Waals surface area (Å²) in [7, 11) is 0. The fourth-order valence-corrected chi connectivity index (χ4v) is 0.978. The van der Waals surface area contributed by atoms with Crippen molar-refractivity contribution < 1.29 is 39.3 Å². The highest BCUT2D eigenvalue weighted by Crippen LogP contribution is 2.19. The van der Waals surface area contributed by atoms with E-state index in [0.717, 1.165) is 6.92 Å². The molecule has 0 radical (unpaired) electrons. The van der Waals surface area contributed by atoms with Gasteiger partial charge in [-0.3, -0.25) is 9.59 Å². The summed E-state index contributed by atoms with van der Waals surface area (Å²) in [5, 5.41) is 36.3. The topological polar surface area (TPSA) is 134 Å². The summed E-state index contributed by atoms with van der Waals surface area (Å²) in [5.74, 6) is -5.94. The van der Waals surface area contributed by atoms with Crippen LogP contribution in [0.2, 0.25) is 0 Å². The molecule has 0 aliphatic heterocycles. The molecule has 0 spiro atoms. The van der Waals surface area contributed by atoms with Crippen molar-refractivity contribution in [3.8, 4) is 0 Å². The third-order valence-corrected chi connectivity index (χ3v) is 1.82. The Morgan fingerprint density at radius 1 is 1.44 bits per heavy atom. The molecule has 0 aliphatic rings. The van der Waals surface area contributed by atoms with E-state index in [2.05, 4.69) is 21.2 Å². The highest BCUT2D eigenvalue weighted by molar-refractivity contribution is 6.39. The van der Waals surface area contributed by atoms with E-state index in [-0.39, 0.29) is 0 Å². The Kier molecular flexibility index (Phi) is 5.97.